The van der Waals surface area contributed by atoms with Gasteiger partial charge >= 0.3 is 12.1 Å². The molecule has 4 rings (SSSR count). The monoisotopic (exact) mass is 410 g/mol. The van der Waals surface area contributed by atoms with Crippen LogP contribution in [0, 0.1) is 0 Å². The Labute approximate surface area is 164 Å². The first-order chi connectivity index (χ1) is 13.8. The van der Waals surface area contributed by atoms with E-state index in [1.54, 1.807) is 7.11 Å². The number of aromatic amines is 1. The zero-order valence-corrected chi connectivity index (χ0v) is 15.7. The average Bonchev–Trinajstić information content (AvgIpc) is 3.28. The highest BCUT2D eigenvalue weighted by Gasteiger charge is 2.38. The van der Waals surface area contributed by atoms with Crippen molar-refractivity contribution in [2.75, 3.05) is 13.7 Å². The molecule has 10 heteroatoms. The number of aliphatic carboxylic acids is 1. The van der Waals surface area contributed by atoms with Gasteiger partial charge in [-0.25, -0.2) is 4.79 Å². The summed E-state index contributed by atoms with van der Waals surface area (Å²) in [6.07, 6.45) is -1.03. The molecule has 2 aromatic heterocycles. The Hall–Kier alpha value is -2.85. The molecule has 1 aliphatic heterocycles. The van der Waals surface area contributed by atoms with E-state index in [0.29, 0.717) is 0 Å². The number of alkyl halides is 3. The number of H-pyrrole nitrogens is 1. The normalized spacial score (nSPS) is 17.3. The van der Waals surface area contributed by atoms with E-state index in [1.807, 2.05) is 12.4 Å². The number of fused-ring (bicyclic) bond motifs is 2. The van der Waals surface area contributed by atoms with E-state index < -0.39 is 12.1 Å². The number of aromatic nitrogens is 3. The predicted molar refractivity (Wildman–Crippen MR) is 99.1 cm³/mol. The minimum Gasteiger partial charge on any atom is -0.475 e. The molecule has 1 aromatic carbocycles. The van der Waals surface area contributed by atoms with Gasteiger partial charge in [-0.1, -0.05) is 12.1 Å². The molecule has 0 saturated carbocycles. The fraction of sp³-hybridized carbons (Fsp3) is 0.368. The summed E-state index contributed by atoms with van der Waals surface area (Å²) >= 11 is 0. The molecule has 2 N–H and O–H groups in total. The van der Waals surface area contributed by atoms with Crippen molar-refractivity contribution in [1.82, 2.24) is 19.7 Å². The molecule has 0 fully saturated rings. The molecule has 0 spiro atoms. The second-order valence-electron chi connectivity index (χ2n) is 6.69. The van der Waals surface area contributed by atoms with Crippen molar-refractivity contribution in [3.8, 4) is 0 Å². The summed E-state index contributed by atoms with van der Waals surface area (Å²) in [6.45, 7) is 3.56. The number of nitrogens with one attached hydrogen (secondary N) is 1. The summed E-state index contributed by atoms with van der Waals surface area (Å²) in [4.78, 5) is 14.6. The SMILES string of the molecule is COC1CN(Cc2cccc3[nH]ccc23)Cc2ccnn2C1.O=C(O)C(F)(F)F. The third-order valence-electron chi connectivity index (χ3n) is 4.68. The van der Waals surface area contributed by atoms with Gasteiger partial charge in [0.25, 0.3) is 0 Å². The van der Waals surface area contributed by atoms with Crippen LogP contribution in [0.5, 0.6) is 0 Å². The molecule has 0 amide bonds. The van der Waals surface area contributed by atoms with Crippen molar-refractivity contribution in [2.45, 2.75) is 31.9 Å². The highest BCUT2D eigenvalue weighted by atomic mass is 19.4. The Bertz CT molecular complexity index is 967. The molecule has 3 aromatic rings. The van der Waals surface area contributed by atoms with Gasteiger partial charge in [0, 0.05) is 50.0 Å². The number of carboxylic acids is 1. The van der Waals surface area contributed by atoms with Gasteiger partial charge in [0.2, 0.25) is 0 Å². The van der Waals surface area contributed by atoms with E-state index in [4.69, 9.17) is 14.6 Å². The van der Waals surface area contributed by atoms with Crippen molar-refractivity contribution < 1.29 is 27.8 Å². The maximum absolute atomic E-state index is 10.6. The van der Waals surface area contributed by atoms with Crippen LogP contribution in [0.2, 0.25) is 0 Å². The molecule has 0 radical (unpaired) electrons. The van der Waals surface area contributed by atoms with Crippen molar-refractivity contribution in [1.29, 1.82) is 0 Å². The third-order valence-corrected chi connectivity index (χ3v) is 4.68. The summed E-state index contributed by atoms with van der Waals surface area (Å²) in [5.74, 6) is -2.76. The van der Waals surface area contributed by atoms with Crippen LogP contribution in [0.25, 0.3) is 10.9 Å². The van der Waals surface area contributed by atoms with E-state index in [9.17, 15) is 13.2 Å². The van der Waals surface area contributed by atoms with Crippen LogP contribution < -0.4 is 0 Å². The molecule has 1 aliphatic rings. The standard InChI is InChI=1S/C17H20N4O.C2HF3O2/c1-22-15-11-20(10-14-5-8-19-21(14)12-15)9-13-3-2-4-17-16(13)6-7-18-17;3-2(4,5)1(6)7/h2-8,15,18H,9-12H2,1H3;(H,6,7). The number of nitrogens with zero attached hydrogens (tertiary/aromatic N) is 3. The molecular formula is C19H21F3N4O3. The van der Waals surface area contributed by atoms with Crippen molar-refractivity contribution in [3.05, 3.63) is 54.0 Å². The van der Waals surface area contributed by atoms with Gasteiger partial charge in [0.05, 0.1) is 18.3 Å². The van der Waals surface area contributed by atoms with Gasteiger partial charge in [-0.3, -0.25) is 9.58 Å². The van der Waals surface area contributed by atoms with Crippen LogP contribution in [0.3, 0.4) is 0 Å². The molecule has 1 unspecified atom stereocenters. The lowest BCUT2D eigenvalue weighted by Crippen LogP contribution is -2.32. The number of methoxy groups -OCH3 is 1. The summed E-state index contributed by atoms with van der Waals surface area (Å²) in [5.41, 5.74) is 3.79. The smallest absolute Gasteiger partial charge is 0.475 e. The molecular weight excluding hydrogens is 389 g/mol. The van der Waals surface area contributed by atoms with Gasteiger partial charge in [-0.05, 0) is 23.8 Å². The summed E-state index contributed by atoms with van der Waals surface area (Å²) in [5, 5.41) is 12.8. The van der Waals surface area contributed by atoms with Crippen LogP contribution >= 0.6 is 0 Å². The van der Waals surface area contributed by atoms with Gasteiger partial charge in [0.1, 0.15) is 0 Å². The largest absolute Gasteiger partial charge is 0.490 e. The minimum atomic E-state index is -5.08. The number of ether oxygens (including phenoxy) is 1. The van der Waals surface area contributed by atoms with E-state index in [-0.39, 0.29) is 6.10 Å². The Morgan fingerprint density at radius 3 is 2.76 bits per heavy atom. The maximum Gasteiger partial charge on any atom is 0.490 e. The molecule has 29 heavy (non-hydrogen) atoms. The molecule has 7 nitrogen and oxygen atoms in total. The Kier molecular flexibility index (Phi) is 6.23. The maximum atomic E-state index is 10.6. The number of benzene rings is 1. The Balaban J connectivity index is 0.000000298. The van der Waals surface area contributed by atoms with E-state index in [0.717, 1.165) is 26.2 Å². The number of hydrogen-bond acceptors (Lipinski definition) is 4. The molecule has 3 heterocycles. The van der Waals surface area contributed by atoms with Gasteiger partial charge in [-0.15, -0.1) is 0 Å². The van der Waals surface area contributed by atoms with Gasteiger partial charge < -0.3 is 14.8 Å². The van der Waals surface area contributed by atoms with E-state index in [2.05, 4.69) is 50.0 Å². The van der Waals surface area contributed by atoms with Crippen LogP contribution in [0.15, 0.2) is 42.7 Å². The van der Waals surface area contributed by atoms with Crippen LogP contribution in [-0.4, -0.2) is 56.7 Å². The number of halogens is 3. The highest BCUT2D eigenvalue weighted by Crippen LogP contribution is 2.22. The van der Waals surface area contributed by atoms with Crippen LogP contribution in [-0.2, 0) is 29.2 Å². The third kappa shape index (κ3) is 5.15. The molecule has 0 saturated heterocycles. The van der Waals surface area contributed by atoms with Crippen molar-refractivity contribution >= 4 is 16.9 Å². The van der Waals surface area contributed by atoms with Gasteiger partial charge in [0.15, 0.2) is 0 Å². The quantitative estimate of drug-likeness (QED) is 0.694. The second-order valence-corrected chi connectivity index (χ2v) is 6.69. The summed E-state index contributed by atoms with van der Waals surface area (Å²) < 4.78 is 39.4. The van der Waals surface area contributed by atoms with Crippen LogP contribution in [0.4, 0.5) is 13.2 Å². The molecule has 0 aliphatic carbocycles. The number of hydrogen-bond donors (Lipinski definition) is 2. The van der Waals surface area contributed by atoms with E-state index >= 15 is 0 Å². The van der Waals surface area contributed by atoms with Crippen molar-refractivity contribution in [2.24, 2.45) is 0 Å². The molecule has 1 atom stereocenters. The Morgan fingerprint density at radius 1 is 1.31 bits per heavy atom. The highest BCUT2D eigenvalue weighted by molar-refractivity contribution is 5.82. The fourth-order valence-corrected chi connectivity index (χ4v) is 3.29. The first-order valence-electron chi connectivity index (χ1n) is 8.89. The van der Waals surface area contributed by atoms with Crippen molar-refractivity contribution in [3.63, 3.8) is 0 Å². The first-order valence-corrected chi connectivity index (χ1v) is 8.89. The number of carboxylic acid groups (broad SMARTS) is 1. The lowest BCUT2D eigenvalue weighted by atomic mass is 10.1. The summed E-state index contributed by atoms with van der Waals surface area (Å²) in [6, 6.07) is 10.7. The Morgan fingerprint density at radius 2 is 2.07 bits per heavy atom. The average molecular weight is 410 g/mol. The zero-order valence-electron chi connectivity index (χ0n) is 15.7. The minimum absolute atomic E-state index is 0.173. The van der Waals surface area contributed by atoms with Gasteiger partial charge in [-0.2, -0.15) is 18.3 Å². The zero-order chi connectivity index (χ0) is 21.0. The number of carbonyl (C=O) groups is 1. The second kappa shape index (κ2) is 8.66. The summed E-state index contributed by atoms with van der Waals surface area (Å²) in [7, 11) is 1.78. The lowest BCUT2D eigenvalue weighted by molar-refractivity contribution is -0.192. The number of rotatable bonds is 3. The topological polar surface area (TPSA) is 83.4 Å². The fourth-order valence-electron chi connectivity index (χ4n) is 3.29. The lowest BCUT2D eigenvalue weighted by Gasteiger charge is -2.23. The first kappa shape index (κ1) is 20.9. The molecule has 0 bridgehead atoms. The molecule has 156 valence electrons. The van der Waals surface area contributed by atoms with Crippen LogP contribution in [0.1, 0.15) is 11.3 Å². The predicted octanol–water partition coefficient (Wildman–Crippen LogP) is 3.03. The van der Waals surface area contributed by atoms with E-state index in [1.165, 1.54) is 22.2 Å².